The van der Waals surface area contributed by atoms with Gasteiger partial charge in [-0.3, -0.25) is 4.79 Å². The molecule has 0 atom stereocenters. The summed E-state index contributed by atoms with van der Waals surface area (Å²) in [6.45, 7) is 0. The van der Waals surface area contributed by atoms with Gasteiger partial charge in [0.25, 0.3) is 0 Å². The zero-order chi connectivity index (χ0) is 17.9. The van der Waals surface area contributed by atoms with Gasteiger partial charge in [-0.15, -0.1) is 5.10 Å². The van der Waals surface area contributed by atoms with Crippen molar-refractivity contribution in [1.82, 2.24) is 20.1 Å². The van der Waals surface area contributed by atoms with E-state index in [2.05, 4.69) is 20.7 Å². The summed E-state index contributed by atoms with van der Waals surface area (Å²) in [5.41, 5.74) is 4.59. The number of nitrogens with zero attached hydrogens (tertiary/aromatic N) is 4. The summed E-state index contributed by atoms with van der Waals surface area (Å²) >= 11 is 3.09. The maximum atomic E-state index is 12.1. The summed E-state index contributed by atoms with van der Waals surface area (Å²) in [6.07, 6.45) is 0.598. The number of hydrogen-bond acceptors (Lipinski definition) is 7. The molecule has 4 rings (SSSR count). The first-order chi connectivity index (χ1) is 12.7. The Hall–Kier alpha value is -2.78. The second kappa shape index (κ2) is 7.22. The Bertz CT molecular complexity index is 1110. The molecule has 1 N–H and O–H groups in total. The number of aryl methyl sites for hydroxylation is 2. The second-order valence-electron chi connectivity index (χ2n) is 5.58. The summed E-state index contributed by atoms with van der Waals surface area (Å²) < 4.78 is 8.26. The highest BCUT2D eigenvalue weighted by molar-refractivity contribution is 7.16. The molecule has 0 aliphatic carbocycles. The number of hydrogen-bond donors (Lipinski definition) is 1. The van der Waals surface area contributed by atoms with Gasteiger partial charge >= 0.3 is 0 Å². The molecule has 0 spiro atoms. The minimum absolute atomic E-state index is 0.197. The van der Waals surface area contributed by atoms with E-state index in [4.69, 9.17) is 4.52 Å². The number of carbonyl (C=O) groups is 1. The number of para-hydroxylation sites is 1. The molecule has 0 fully saturated rings. The highest BCUT2D eigenvalue weighted by Gasteiger charge is 2.11. The molecule has 9 heteroatoms. The number of carbonyl (C=O) groups excluding carboxylic acids is 1. The molecule has 0 unspecified atom stereocenters. The molecule has 0 aliphatic heterocycles. The van der Waals surface area contributed by atoms with E-state index in [1.807, 2.05) is 52.7 Å². The van der Waals surface area contributed by atoms with Crippen molar-refractivity contribution in [2.24, 2.45) is 12.1 Å². The van der Waals surface area contributed by atoms with E-state index in [0.717, 1.165) is 20.6 Å². The quantitative estimate of drug-likeness (QED) is 0.535. The number of fused-ring (bicyclic) bond motifs is 1. The van der Waals surface area contributed by atoms with Crippen molar-refractivity contribution in [3.8, 4) is 11.4 Å². The summed E-state index contributed by atoms with van der Waals surface area (Å²) in [5.74, 6) is 0.787. The largest absolute Gasteiger partial charge is 0.339 e. The van der Waals surface area contributed by atoms with Gasteiger partial charge in [-0.25, -0.2) is 5.43 Å². The third-order valence-electron chi connectivity index (χ3n) is 3.80. The van der Waals surface area contributed by atoms with Crippen LogP contribution < -0.4 is 10.2 Å². The van der Waals surface area contributed by atoms with Crippen LogP contribution >= 0.6 is 22.7 Å². The standard InChI is InChI=1S/C17H15N5O2S2/c1-22-12-4-2-3-5-13(12)26-17(22)20-19-14(23)6-7-15-18-16(21-24-15)11-8-9-25-10-11/h2-5,8-10H,6-7H2,1H3,(H,19,23)/b20-17-. The first-order valence-electron chi connectivity index (χ1n) is 7.93. The fourth-order valence-corrected chi connectivity index (χ4v) is 4.05. The topological polar surface area (TPSA) is 85.3 Å². The Kier molecular flexibility index (Phi) is 4.63. The number of aromatic nitrogens is 3. The summed E-state index contributed by atoms with van der Waals surface area (Å²) in [6, 6.07) is 9.94. The molecule has 7 nitrogen and oxygen atoms in total. The van der Waals surface area contributed by atoms with E-state index >= 15 is 0 Å². The second-order valence-corrected chi connectivity index (χ2v) is 7.37. The molecular weight excluding hydrogens is 370 g/mol. The van der Waals surface area contributed by atoms with E-state index in [1.165, 1.54) is 11.3 Å². The molecule has 0 saturated carbocycles. The lowest BCUT2D eigenvalue weighted by molar-refractivity contribution is -0.121. The van der Waals surface area contributed by atoms with E-state index in [1.54, 1.807) is 11.3 Å². The molecule has 0 saturated heterocycles. The molecule has 4 aromatic rings. The van der Waals surface area contributed by atoms with Crippen molar-refractivity contribution >= 4 is 38.8 Å². The molecule has 26 heavy (non-hydrogen) atoms. The molecule has 1 aromatic carbocycles. The number of thiophene rings is 1. The average molecular weight is 385 g/mol. The summed E-state index contributed by atoms with van der Waals surface area (Å²) in [4.78, 5) is 17.1. The Morgan fingerprint density at radius 1 is 1.35 bits per heavy atom. The van der Waals surface area contributed by atoms with Crippen molar-refractivity contribution in [2.45, 2.75) is 12.8 Å². The highest BCUT2D eigenvalue weighted by Crippen LogP contribution is 2.19. The molecular formula is C17H15N5O2S2. The van der Waals surface area contributed by atoms with Crippen molar-refractivity contribution in [2.75, 3.05) is 0 Å². The molecule has 0 bridgehead atoms. The Labute approximate surface area is 156 Å². The summed E-state index contributed by atoms with van der Waals surface area (Å²) in [7, 11) is 1.92. The number of nitrogens with one attached hydrogen (secondary N) is 1. The summed E-state index contributed by atoms with van der Waals surface area (Å²) in [5, 5.41) is 12.0. The Morgan fingerprint density at radius 3 is 3.04 bits per heavy atom. The fourth-order valence-electron chi connectivity index (χ4n) is 2.44. The van der Waals surface area contributed by atoms with E-state index in [0.29, 0.717) is 18.1 Å². The number of rotatable bonds is 5. The molecule has 3 heterocycles. The van der Waals surface area contributed by atoms with E-state index in [9.17, 15) is 4.79 Å². The van der Waals surface area contributed by atoms with E-state index in [-0.39, 0.29) is 12.3 Å². The molecule has 0 aliphatic rings. The third-order valence-corrected chi connectivity index (χ3v) is 5.60. The number of benzene rings is 1. The van der Waals surface area contributed by atoms with Gasteiger partial charge < -0.3 is 9.09 Å². The zero-order valence-electron chi connectivity index (χ0n) is 13.9. The lowest BCUT2D eigenvalue weighted by Crippen LogP contribution is -2.23. The van der Waals surface area contributed by atoms with Gasteiger partial charge in [0.15, 0.2) is 0 Å². The van der Waals surface area contributed by atoms with Crippen LogP contribution in [0.5, 0.6) is 0 Å². The number of thiazole rings is 1. The van der Waals surface area contributed by atoms with Gasteiger partial charge in [0.05, 0.1) is 10.2 Å². The fraction of sp³-hybridized carbons (Fsp3) is 0.176. The van der Waals surface area contributed by atoms with Gasteiger partial charge in [-0.2, -0.15) is 16.3 Å². The first kappa shape index (κ1) is 16.7. The predicted octanol–water partition coefficient (Wildman–Crippen LogP) is 2.92. The maximum Gasteiger partial charge on any atom is 0.240 e. The Balaban J connectivity index is 1.39. The molecule has 0 radical (unpaired) electrons. The predicted molar refractivity (Wildman–Crippen MR) is 100 cm³/mol. The molecule has 3 aromatic heterocycles. The average Bonchev–Trinajstić information content (AvgIpc) is 3.39. The van der Waals surface area contributed by atoms with Crippen molar-refractivity contribution in [3.05, 3.63) is 51.8 Å². The minimum Gasteiger partial charge on any atom is -0.339 e. The van der Waals surface area contributed by atoms with Crippen LogP contribution in [-0.2, 0) is 18.3 Å². The lowest BCUT2D eigenvalue weighted by Gasteiger charge is -1.97. The van der Waals surface area contributed by atoms with Gasteiger partial charge in [0, 0.05) is 30.8 Å². The van der Waals surface area contributed by atoms with Crippen molar-refractivity contribution < 1.29 is 9.32 Å². The van der Waals surface area contributed by atoms with Gasteiger partial charge in [-0.1, -0.05) is 28.6 Å². The SMILES string of the molecule is Cn1/c(=N/NC(=O)CCc2nc(-c3ccsc3)no2)sc2ccccc21. The smallest absolute Gasteiger partial charge is 0.240 e. The van der Waals surface area contributed by atoms with Crippen molar-refractivity contribution in [3.63, 3.8) is 0 Å². The molecule has 132 valence electrons. The zero-order valence-corrected chi connectivity index (χ0v) is 15.5. The van der Waals surface area contributed by atoms with Gasteiger partial charge in [-0.05, 0) is 23.6 Å². The Morgan fingerprint density at radius 2 is 2.23 bits per heavy atom. The first-order valence-corrected chi connectivity index (χ1v) is 9.69. The van der Waals surface area contributed by atoms with Crippen LogP contribution in [0.25, 0.3) is 21.6 Å². The monoisotopic (exact) mass is 385 g/mol. The van der Waals surface area contributed by atoms with Crippen LogP contribution in [0, 0.1) is 0 Å². The van der Waals surface area contributed by atoms with Crippen LogP contribution in [0.15, 0.2) is 50.7 Å². The lowest BCUT2D eigenvalue weighted by atomic mass is 10.3. The highest BCUT2D eigenvalue weighted by atomic mass is 32.1. The van der Waals surface area contributed by atoms with Crippen LogP contribution in [0.1, 0.15) is 12.3 Å². The molecule has 1 amide bonds. The number of amides is 1. The van der Waals surface area contributed by atoms with Crippen LogP contribution in [0.2, 0.25) is 0 Å². The van der Waals surface area contributed by atoms with Crippen LogP contribution in [0.4, 0.5) is 0 Å². The van der Waals surface area contributed by atoms with Gasteiger partial charge in [0.1, 0.15) is 0 Å². The minimum atomic E-state index is -0.197. The van der Waals surface area contributed by atoms with Crippen LogP contribution in [-0.4, -0.2) is 20.6 Å². The maximum absolute atomic E-state index is 12.1. The van der Waals surface area contributed by atoms with Crippen molar-refractivity contribution in [1.29, 1.82) is 0 Å². The normalized spacial score (nSPS) is 12.0. The van der Waals surface area contributed by atoms with E-state index < -0.39 is 0 Å². The van der Waals surface area contributed by atoms with Gasteiger partial charge in [0.2, 0.25) is 22.4 Å². The van der Waals surface area contributed by atoms with Crippen LogP contribution in [0.3, 0.4) is 0 Å². The third kappa shape index (κ3) is 3.44.